The van der Waals surface area contributed by atoms with Crippen molar-refractivity contribution in [1.29, 1.82) is 0 Å². The Kier molecular flexibility index (Phi) is 6.18. The number of carbonyl (C=O) groups is 1. The van der Waals surface area contributed by atoms with Crippen LogP contribution in [0, 0.1) is 0 Å². The second kappa shape index (κ2) is 8.16. The Morgan fingerprint density at radius 3 is 2.54 bits per heavy atom. The van der Waals surface area contributed by atoms with Crippen molar-refractivity contribution in [3.05, 3.63) is 63.6 Å². The third-order valence-electron chi connectivity index (χ3n) is 3.89. The summed E-state index contributed by atoms with van der Waals surface area (Å²) in [6.07, 6.45) is -2.90. The number of hydrogen-bond acceptors (Lipinski definition) is 3. The maximum atomic E-state index is 13.1. The largest absolute Gasteiger partial charge is 0.416 e. The molecule has 0 saturated carbocycles. The molecule has 0 spiro atoms. The fourth-order valence-corrected chi connectivity index (χ4v) is 2.49. The summed E-state index contributed by atoms with van der Waals surface area (Å²) in [5, 5.41) is 4.03. The lowest BCUT2D eigenvalue weighted by atomic mass is 10.1. The number of nitrogens with zero attached hydrogens (tertiary/aromatic N) is 3. The number of hydrogen-bond donors (Lipinski definition) is 0. The normalized spacial score (nSPS) is 11.4. The van der Waals surface area contributed by atoms with E-state index in [0.717, 1.165) is 23.8 Å². The lowest BCUT2D eigenvalue weighted by molar-refractivity contribution is -0.138. The average molecular weight is 367 g/mol. The minimum absolute atomic E-state index is 0.00449. The van der Waals surface area contributed by atoms with E-state index in [0.29, 0.717) is 6.54 Å². The first kappa shape index (κ1) is 19.7. The van der Waals surface area contributed by atoms with Gasteiger partial charge in [-0.15, -0.1) is 0 Å². The molecular weight excluding hydrogens is 347 g/mol. The van der Waals surface area contributed by atoms with Gasteiger partial charge in [-0.2, -0.15) is 18.3 Å². The van der Waals surface area contributed by atoms with Crippen LogP contribution in [0.25, 0.3) is 0 Å². The molecule has 140 valence electrons. The van der Waals surface area contributed by atoms with Gasteiger partial charge in [-0.1, -0.05) is 31.5 Å². The summed E-state index contributed by atoms with van der Waals surface area (Å²) < 4.78 is 40.5. The lowest BCUT2D eigenvalue weighted by Gasteiger charge is -2.20. The molecule has 1 amide bonds. The molecule has 0 saturated heterocycles. The fraction of sp³-hybridized carbons (Fsp3) is 0.389. The molecule has 0 aliphatic carbocycles. The molecule has 2 rings (SSSR count). The van der Waals surface area contributed by atoms with Crippen LogP contribution in [-0.4, -0.2) is 27.6 Å². The third kappa shape index (κ3) is 4.71. The predicted molar refractivity (Wildman–Crippen MR) is 90.6 cm³/mol. The van der Waals surface area contributed by atoms with Crippen molar-refractivity contribution in [2.75, 3.05) is 7.05 Å². The number of aromatic nitrogens is 2. The van der Waals surface area contributed by atoms with E-state index in [2.05, 4.69) is 5.10 Å². The van der Waals surface area contributed by atoms with Crippen molar-refractivity contribution in [3.8, 4) is 0 Å². The summed E-state index contributed by atoms with van der Waals surface area (Å²) in [5.41, 5.74) is -1.08. The molecule has 1 heterocycles. The van der Waals surface area contributed by atoms with Gasteiger partial charge in [0.1, 0.15) is 5.69 Å². The maximum absolute atomic E-state index is 13.1. The van der Waals surface area contributed by atoms with E-state index in [-0.39, 0.29) is 23.4 Å². The molecule has 5 nitrogen and oxygen atoms in total. The van der Waals surface area contributed by atoms with Crippen molar-refractivity contribution in [1.82, 2.24) is 14.7 Å². The standard InChI is InChI=1S/C18H20F3N3O2/c1-3-4-11-24-16(25)10-9-15(22-24)17(26)23(2)12-13-7-5-6-8-14(13)18(19,20)21/h5-10H,3-4,11-12H2,1-2H3. The highest BCUT2D eigenvalue weighted by atomic mass is 19.4. The van der Waals surface area contributed by atoms with Gasteiger partial charge in [0.25, 0.3) is 11.5 Å². The monoisotopic (exact) mass is 367 g/mol. The fourth-order valence-electron chi connectivity index (χ4n) is 2.49. The number of carbonyl (C=O) groups excluding carboxylic acids is 1. The quantitative estimate of drug-likeness (QED) is 0.787. The molecule has 0 aliphatic rings. The maximum Gasteiger partial charge on any atom is 0.416 e. The van der Waals surface area contributed by atoms with Crippen LogP contribution in [-0.2, 0) is 19.3 Å². The summed E-state index contributed by atoms with van der Waals surface area (Å²) in [6, 6.07) is 7.65. The van der Waals surface area contributed by atoms with Gasteiger partial charge in [-0.05, 0) is 24.1 Å². The van der Waals surface area contributed by atoms with Gasteiger partial charge in [0.2, 0.25) is 0 Å². The van der Waals surface area contributed by atoms with E-state index in [1.54, 1.807) is 0 Å². The molecule has 0 atom stereocenters. The first-order valence-electron chi connectivity index (χ1n) is 8.22. The summed E-state index contributed by atoms with van der Waals surface area (Å²) >= 11 is 0. The Labute approximate surface area is 149 Å². The lowest BCUT2D eigenvalue weighted by Crippen LogP contribution is -2.31. The Morgan fingerprint density at radius 2 is 1.88 bits per heavy atom. The molecule has 26 heavy (non-hydrogen) atoms. The smallest absolute Gasteiger partial charge is 0.336 e. The van der Waals surface area contributed by atoms with Gasteiger partial charge in [-0.3, -0.25) is 9.59 Å². The van der Waals surface area contributed by atoms with E-state index < -0.39 is 17.6 Å². The topological polar surface area (TPSA) is 55.2 Å². The number of rotatable bonds is 6. The Bertz CT molecular complexity index is 831. The number of aryl methyl sites for hydroxylation is 1. The summed E-state index contributed by atoms with van der Waals surface area (Å²) in [7, 11) is 1.40. The molecule has 0 unspecified atom stereocenters. The number of halogens is 3. The van der Waals surface area contributed by atoms with Crippen molar-refractivity contribution in [3.63, 3.8) is 0 Å². The van der Waals surface area contributed by atoms with Crippen molar-refractivity contribution < 1.29 is 18.0 Å². The summed E-state index contributed by atoms with van der Waals surface area (Å²) in [6.45, 7) is 2.13. The van der Waals surface area contributed by atoms with E-state index in [1.165, 1.54) is 42.1 Å². The van der Waals surface area contributed by atoms with Gasteiger partial charge in [-0.25, -0.2) is 4.68 Å². The van der Waals surface area contributed by atoms with Gasteiger partial charge >= 0.3 is 6.18 Å². The summed E-state index contributed by atoms with van der Waals surface area (Å²) in [4.78, 5) is 25.4. The predicted octanol–water partition coefficient (Wildman–Crippen LogP) is 3.33. The Hall–Kier alpha value is -2.64. The molecule has 1 aromatic carbocycles. The SMILES string of the molecule is CCCCn1nc(C(=O)N(C)Cc2ccccc2C(F)(F)F)ccc1=O. The zero-order chi connectivity index (χ0) is 19.3. The van der Waals surface area contributed by atoms with Gasteiger partial charge in [0, 0.05) is 26.2 Å². The van der Waals surface area contributed by atoms with Gasteiger partial charge in [0.15, 0.2) is 0 Å². The first-order valence-corrected chi connectivity index (χ1v) is 8.22. The van der Waals surface area contributed by atoms with E-state index in [9.17, 15) is 22.8 Å². The number of alkyl halides is 3. The van der Waals surface area contributed by atoms with Crippen LogP contribution in [0.2, 0.25) is 0 Å². The van der Waals surface area contributed by atoms with Crippen LogP contribution in [0.15, 0.2) is 41.2 Å². The van der Waals surface area contributed by atoms with Gasteiger partial charge < -0.3 is 4.90 Å². The minimum Gasteiger partial charge on any atom is -0.336 e. The highest BCUT2D eigenvalue weighted by Crippen LogP contribution is 2.32. The van der Waals surface area contributed by atoms with E-state index in [4.69, 9.17) is 0 Å². The van der Waals surface area contributed by atoms with Crippen LogP contribution < -0.4 is 5.56 Å². The van der Waals surface area contributed by atoms with Crippen LogP contribution in [0.4, 0.5) is 13.2 Å². The second-order valence-corrected chi connectivity index (χ2v) is 5.95. The van der Waals surface area contributed by atoms with Crippen molar-refractivity contribution >= 4 is 5.91 Å². The van der Waals surface area contributed by atoms with Crippen LogP contribution in [0.1, 0.15) is 41.4 Å². The number of amides is 1. The molecular formula is C18H20F3N3O2. The zero-order valence-corrected chi connectivity index (χ0v) is 14.6. The molecule has 2 aromatic rings. The van der Waals surface area contributed by atoms with Gasteiger partial charge in [0.05, 0.1) is 5.56 Å². The molecule has 0 fully saturated rings. The van der Waals surface area contributed by atoms with E-state index >= 15 is 0 Å². The molecule has 1 aromatic heterocycles. The Morgan fingerprint density at radius 1 is 1.19 bits per heavy atom. The highest BCUT2D eigenvalue weighted by Gasteiger charge is 2.33. The molecule has 0 bridgehead atoms. The van der Waals surface area contributed by atoms with Crippen molar-refractivity contribution in [2.24, 2.45) is 0 Å². The van der Waals surface area contributed by atoms with Crippen LogP contribution >= 0.6 is 0 Å². The first-order chi connectivity index (χ1) is 12.2. The third-order valence-corrected chi connectivity index (χ3v) is 3.89. The highest BCUT2D eigenvalue weighted by molar-refractivity contribution is 5.91. The van der Waals surface area contributed by atoms with Crippen molar-refractivity contribution in [2.45, 2.75) is 39.0 Å². The molecule has 0 radical (unpaired) electrons. The second-order valence-electron chi connectivity index (χ2n) is 5.95. The minimum atomic E-state index is -4.49. The van der Waals surface area contributed by atoms with E-state index in [1.807, 2.05) is 6.92 Å². The van der Waals surface area contributed by atoms with Crippen LogP contribution in [0.3, 0.4) is 0 Å². The number of unbranched alkanes of at least 4 members (excludes halogenated alkanes) is 1. The number of benzene rings is 1. The summed E-state index contributed by atoms with van der Waals surface area (Å²) in [5.74, 6) is -0.549. The zero-order valence-electron chi connectivity index (χ0n) is 14.6. The molecule has 8 heteroatoms. The Balaban J connectivity index is 2.22. The van der Waals surface area contributed by atoms with Crippen LogP contribution in [0.5, 0.6) is 0 Å². The molecule has 0 aliphatic heterocycles. The average Bonchev–Trinajstić information content (AvgIpc) is 2.60. The molecule has 0 N–H and O–H groups in total.